The van der Waals surface area contributed by atoms with Gasteiger partial charge in [0.2, 0.25) is 0 Å². The van der Waals surface area contributed by atoms with Crippen LogP contribution in [0, 0.1) is 0 Å². The predicted molar refractivity (Wildman–Crippen MR) is 57.7 cm³/mol. The topological polar surface area (TPSA) is 75.2 Å². The van der Waals surface area contributed by atoms with Crippen molar-refractivity contribution >= 4 is 17.0 Å². The highest BCUT2D eigenvalue weighted by Gasteiger charge is 2.13. The molecule has 84 valence electrons. The number of benzene rings is 1. The number of nitrogens with one attached hydrogen (secondary N) is 1. The van der Waals surface area contributed by atoms with Crippen molar-refractivity contribution < 1.29 is 14.6 Å². The summed E-state index contributed by atoms with van der Waals surface area (Å²) in [5.41, 5.74) is 2.33. The summed E-state index contributed by atoms with van der Waals surface area (Å²) in [6.45, 7) is 0. The van der Waals surface area contributed by atoms with E-state index in [9.17, 15) is 9.90 Å². The van der Waals surface area contributed by atoms with Gasteiger partial charge in [0.15, 0.2) is 0 Å². The lowest BCUT2D eigenvalue weighted by molar-refractivity contribution is -0.142. The number of aromatic amines is 1. The molecular formula is C11H12N2O3. The fourth-order valence-electron chi connectivity index (χ4n) is 1.52. The Balaban J connectivity index is 2.22. The van der Waals surface area contributed by atoms with E-state index in [-0.39, 0.29) is 6.42 Å². The number of hydrogen-bond donors (Lipinski definition) is 2. The summed E-state index contributed by atoms with van der Waals surface area (Å²) in [5.74, 6) is -0.433. The van der Waals surface area contributed by atoms with Crippen LogP contribution in [0.15, 0.2) is 24.5 Å². The van der Waals surface area contributed by atoms with Gasteiger partial charge >= 0.3 is 5.97 Å². The van der Waals surface area contributed by atoms with E-state index in [4.69, 9.17) is 0 Å². The zero-order valence-corrected chi connectivity index (χ0v) is 8.80. The Morgan fingerprint density at radius 1 is 1.62 bits per heavy atom. The van der Waals surface area contributed by atoms with Gasteiger partial charge in [-0.15, -0.1) is 0 Å². The van der Waals surface area contributed by atoms with Gasteiger partial charge in [0.05, 0.1) is 37.0 Å². The van der Waals surface area contributed by atoms with Crippen LogP contribution in [0.1, 0.15) is 18.1 Å². The normalized spacial score (nSPS) is 12.6. The second-order valence-electron chi connectivity index (χ2n) is 3.48. The molecule has 16 heavy (non-hydrogen) atoms. The van der Waals surface area contributed by atoms with Crippen molar-refractivity contribution in [1.82, 2.24) is 9.97 Å². The number of fused-ring (bicyclic) bond motifs is 1. The first-order valence-electron chi connectivity index (χ1n) is 4.88. The molecule has 0 bridgehead atoms. The van der Waals surface area contributed by atoms with Gasteiger partial charge in [-0.2, -0.15) is 0 Å². The van der Waals surface area contributed by atoms with Gasteiger partial charge in [-0.3, -0.25) is 4.79 Å². The maximum atomic E-state index is 11.0. The number of H-pyrrole nitrogens is 1. The molecule has 2 N–H and O–H groups in total. The Hall–Kier alpha value is -1.88. The van der Waals surface area contributed by atoms with Crippen molar-refractivity contribution in [1.29, 1.82) is 0 Å². The molecule has 0 saturated carbocycles. The molecule has 0 radical (unpaired) electrons. The number of carbonyl (C=O) groups is 1. The van der Waals surface area contributed by atoms with Gasteiger partial charge in [0, 0.05) is 0 Å². The second-order valence-corrected chi connectivity index (χ2v) is 3.48. The van der Waals surface area contributed by atoms with Gasteiger partial charge in [-0.05, 0) is 17.7 Å². The molecule has 5 heteroatoms. The van der Waals surface area contributed by atoms with Crippen molar-refractivity contribution in [2.24, 2.45) is 0 Å². The van der Waals surface area contributed by atoms with Crippen LogP contribution >= 0.6 is 0 Å². The molecular weight excluding hydrogens is 208 g/mol. The molecule has 0 spiro atoms. The minimum Gasteiger partial charge on any atom is -0.469 e. The molecule has 2 aromatic rings. The first kappa shape index (κ1) is 10.6. The Kier molecular flexibility index (Phi) is 2.87. The number of nitrogens with zero attached hydrogens (tertiary/aromatic N) is 1. The predicted octanol–water partition coefficient (Wildman–Crippen LogP) is 1.16. The van der Waals surface area contributed by atoms with E-state index in [0.29, 0.717) is 5.56 Å². The smallest absolute Gasteiger partial charge is 0.308 e. The summed E-state index contributed by atoms with van der Waals surface area (Å²) in [5, 5.41) is 9.78. The minimum absolute atomic E-state index is 0.0455. The lowest BCUT2D eigenvalue weighted by Gasteiger charge is -2.09. The average Bonchev–Trinajstić information content (AvgIpc) is 2.75. The van der Waals surface area contributed by atoms with Gasteiger partial charge in [-0.25, -0.2) is 4.98 Å². The molecule has 1 heterocycles. The summed E-state index contributed by atoms with van der Waals surface area (Å²) >= 11 is 0. The quantitative estimate of drug-likeness (QED) is 0.761. The van der Waals surface area contributed by atoms with Crippen molar-refractivity contribution in [2.45, 2.75) is 12.5 Å². The Bertz CT molecular complexity index is 507. The Labute approximate surface area is 92.1 Å². The summed E-state index contributed by atoms with van der Waals surface area (Å²) < 4.78 is 4.50. The lowest BCUT2D eigenvalue weighted by atomic mass is 10.1. The number of rotatable bonds is 3. The van der Waals surface area contributed by atoms with Gasteiger partial charge < -0.3 is 14.8 Å². The van der Waals surface area contributed by atoms with E-state index in [0.717, 1.165) is 11.0 Å². The van der Waals surface area contributed by atoms with Crippen LogP contribution in [0.5, 0.6) is 0 Å². The molecule has 0 fully saturated rings. The Morgan fingerprint density at radius 2 is 2.44 bits per heavy atom. The van der Waals surface area contributed by atoms with E-state index in [1.165, 1.54) is 7.11 Å². The highest BCUT2D eigenvalue weighted by molar-refractivity contribution is 5.76. The van der Waals surface area contributed by atoms with Crippen LogP contribution in [0.3, 0.4) is 0 Å². The van der Waals surface area contributed by atoms with Crippen LogP contribution in [0.25, 0.3) is 11.0 Å². The number of methoxy groups -OCH3 is 1. The van der Waals surface area contributed by atoms with Crippen molar-refractivity contribution in [3.05, 3.63) is 30.1 Å². The van der Waals surface area contributed by atoms with Crippen molar-refractivity contribution in [3.63, 3.8) is 0 Å². The number of aliphatic hydroxyl groups excluding tert-OH is 1. The molecule has 5 nitrogen and oxygen atoms in total. The largest absolute Gasteiger partial charge is 0.469 e. The van der Waals surface area contributed by atoms with Crippen LogP contribution in [-0.2, 0) is 9.53 Å². The van der Waals surface area contributed by atoms with Gasteiger partial charge in [0.25, 0.3) is 0 Å². The number of esters is 1. The average molecular weight is 220 g/mol. The van der Waals surface area contributed by atoms with Gasteiger partial charge in [0.1, 0.15) is 0 Å². The van der Waals surface area contributed by atoms with Crippen molar-refractivity contribution in [3.8, 4) is 0 Å². The second kappa shape index (κ2) is 4.32. The maximum Gasteiger partial charge on any atom is 0.308 e. The van der Waals surface area contributed by atoms with E-state index < -0.39 is 12.1 Å². The van der Waals surface area contributed by atoms with E-state index >= 15 is 0 Å². The summed E-state index contributed by atoms with van der Waals surface area (Å²) in [4.78, 5) is 18.0. The highest BCUT2D eigenvalue weighted by Crippen LogP contribution is 2.20. The third-order valence-electron chi connectivity index (χ3n) is 2.42. The number of imidazole rings is 1. The molecule has 0 aliphatic heterocycles. The number of aromatic nitrogens is 2. The number of carbonyl (C=O) groups excluding carboxylic acids is 1. The van der Waals surface area contributed by atoms with E-state index in [1.807, 2.05) is 0 Å². The Morgan fingerprint density at radius 3 is 3.19 bits per heavy atom. The molecule has 2 rings (SSSR count). The summed E-state index contributed by atoms with van der Waals surface area (Å²) in [6.07, 6.45) is 0.692. The fourth-order valence-corrected chi connectivity index (χ4v) is 1.52. The standard InChI is InChI=1S/C11H12N2O3/c1-16-11(15)5-10(14)7-2-3-8-9(4-7)13-6-12-8/h2-4,6,10,14H,5H2,1H3,(H,12,13)/t10-/m1/s1. The lowest BCUT2D eigenvalue weighted by Crippen LogP contribution is -2.07. The number of hydrogen-bond acceptors (Lipinski definition) is 4. The van der Waals surface area contributed by atoms with Crippen LogP contribution in [-0.4, -0.2) is 28.2 Å². The third kappa shape index (κ3) is 2.04. The third-order valence-corrected chi connectivity index (χ3v) is 2.42. The van der Waals surface area contributed by atoms with Crippen LogP contribution < -0.4 is 0 Å². The van der Waals surface area contributed by atoms with Crippen molar-refractivity contribution in [2.75, 3.05) is 7.11 Å². The molecule has 1 atom stereocenters. The van der Waals surface area contributed by atoms with E-state index in [1.54, 1.807) is 24.5 Å². The number of ether oxygens (including phenoxy) is 1. The molecule has 0 unspecified atom stereocenters. The molecule has 0 aliphatic rings. The highest BCUT2D eigenvalue weighted by atomic mass is 16.5. The minimum atomic E-state index is -0.847. The molecule has 0 aliphatic carbocycles. The van der Waals surface area contributed by atoms with Crippen LogP contribution in [0.2, 0.25) is 0 Å². The molecule has 0 amide bonds. The maximum absolute atomic E-state index is 11.0. The monoisotopic (exact) mass is 220 g/mol. The first-order chi connectivity index (χ1) is 7.70. The fraction of sp³-hybridized carbons (Fsp3) is 0.273. The summed E-state index contributed by atoms with van der Waals surface area (Å²) in [6, 6.07) is 5.31. The van der Waals surface area contributed by atoms with Crippen LogP contribution in [0.4, 0.5) is 0 Å². The van der Waals surface area contributed by atoms with E-state index in [2.05, 4.69) is 14.7 Å². The molecule has 1 aromatic heterocycles. The van der Waals surface area contributed by atoms with Gasteiger partial charge in [-0.1, -0.05) is 6.07 Å². The zero-order chi connectivity index (χ0) is 11.5. The zero-order valence-electron chi connectivity index (χ0n) is 8.80. The first-order valence-corrected chi connectivity index (χ1v) is 4.88. The summed E-state index contributed by atoms with van der Waals surface area (Å²) in [7, 11) is 1.30. The SMILES string of the molecule is COC(=O)C[C@@H](O)c1ccc2nc[nH]c2c1. The number of aliphatic hydroxyl groups is 1. The molecule has 0 saturated heterocycles. The molecule has 1 aromatic carbocycles.